The summed E-state index contributed by atoms with van der Waals surface area (Å²) in [6, 6.07) is 7.88. The van der Waals surface area contributed by atoms with Crippen LogP contribution in [0.2, 0.25) is 0 Å². The molecule has 0 unspecified atom stereocenters. The molecule has 1 saturated heterocycles. The fraction of sp³-hybridized carbons (Fsp3) is 0.400. The minimum Gasteiger partial charge on any atom is -0.454 e. The molecule has 1 fully saturated rings. The van der Waals surface area contributed by atoms with Crippen LogP contribution in [0, 0.1) is 12.7 Å². The van der Waals surface area contributed by atoms with Crippen LogP contribution in [0.25, 0.3) is 0 Å². The predicted octanol–water partition coefficient (Wildman–Crippen LogP) is 4.69. The van der Waals surface area contributed by atoms with E-state index >= 15 is 0 Å². The lowest BCUT2D eigenvalue weighted by molar-refractivity contribution is -0.137. The van der Waals surface area contributed by atoms with Crippen LogP contribution in [0.4, 0.5) is 17.6 Å². The maximum Gasteiger partial charge on any atom is 0.416 e. The summed E-state index contributed by atoms with van der Waals surface area (Å²) in [7, 11) is 2.02. The van der Waals surface area contributed by atoms with Gasteiger partial charge in [0.1, 0.15) is 5.75 Å². The summed E-state index contributed by atoms with van der Waals surface area (Å²) in [5, 5.41) is 0. The van der Waals surface area contributed by atoms with Gasteiger partial charge in [0.25, 0.3) is 0 Å². The van der Waals surface area contributed by atoms with Gasteiger partial charge in [0, 0.05) is 32.7 Å². The van der Waals surface area contributed by atoms with Gasteiger partial charge in [-0.25, -0.2) is 4.39 Å². The Kier molecular flexibility index (Phi) is 5.72. The smallest absolute Gasteiger partial charge is 0.416 e. The van der Waals surface area contributed by atoms with Gasteiger partial charge >= 0.3 is 6.18 Å². The maximum atomic E-state index is 13.9. The van der Waals surface area contributed by atoms with E-state index in [9.17, 15) is 17.6 Å². The molecule has 27 heavy (non-hydrogen) atoms. The fourth-order valence-electron chi connectivity index (χ4n) is 3.05. The average Bonchev–Trinajstić information content (AvgIpc) is 2.59. The molecule has 1 heterocycles. The van der Waals surface area contributed by atoms with Crippen molar-refractivity contribution in [2.24, 2.45) is 0 Å². The van der Waals surface area contributed by atoms with Gasteiger partial charge in [0.05, 0.1) is 5.56 Å². The third-order valence-corrected chi connectivity index (χ3v) is 4.61. The van der Waals surface area contributed by atoms with E-state index in [1.165, 1.54) is 12.1 Å². The average molecular weight is 382 g/mol. The van der Waals surface area contributed by atoms with Gasteiger partial charge in [-0.1, -0.05) is 6.07 Å². The highest BCUT2D eigenvalue weighted by atomic mass is 19.4. The number of piperazine rings is 1. The van der Waals surface area contributed by atoms with E-state index in [-0.39, 0.29) is 11.5 Å². The van der Waals surface area contributed by atoms with E-state index in [2.05, 4.69) is 9.80 Å². The lowest BCUT2D eigenvalue weighted by atomic mass is 10.1. The monoisotopic (exact) mass is 382 g/mol. The molecule has 2 aromatic rings. The van der Waals surface area contributed by atoms with Crippen molar-refractivity contribution in [2.45, 2.75) is 19.6 Å². The number of alkyl halides is 3. The number of halogens is 4. The first-order valence-electron chi connectivity index (χ1n) is 8.77. The second-order valence-electron chi connectivity index (χ2n) is 6.98. The van der Waals surface area contributed by atoms with E-state index in [1.54, 1.807) is 19.1 Å². The van der Waals surface area contributed by atoms with Gasteiger partial charge in [-0.05, 0) is 55.4 Å². The highest BCUT2D eigenvalue weighted by Crippen LogP contribution is 2.35. The van der Waals surface area contributed by atoms with Crippen molar-refractivity contribution in [1.29, 1.82) is 0 Å². The Labute approximate surface area is 156 Å². The van der Waals surface area contributed by atoms with Crippen molar-refractivity contribution in [3.8, 4) is 11.5 Å². The molecule has 3 rings (SSSR count). The van der Waals surface area contributed by atoms with Gasteiger partial charge in [-0.15, -0.1) is 0 Å². The molecule has 0 N–H and O–H groups in total. The van der Waals surface area contributed by atoms with Crippen molar-refractivity contribution in [3.05, 3.63) is 58.9 Å². The van der Waals surface area contributed by atoms with Gasteiger partial charge < -0.3 is 9.64 Å². The van der Waals surface area contributed by atoms with Crippen molar-refractivity contribution in [1.82, 2.24) is 9.80 Å². The number of benzene rings is 2. The summed E-state index contributed by atoms with van der Waals surface area (Å²) in [6.07, 6.45) is -4.50. The number of rotatable bonds is 4. The van der Waals surface area contributed by atoms with Crippen LogP contribution in [0.15, 0.2) is 36.4 Å². The summed E-state index contributed by atoms with van der Waals surface area (Å²) < 4.78 is 59.3. The van der Waals surface area contributed by atoms with Crippen molar-refractivity contribution in [3.63, 3.8) is 0 Å². The summed E-state index contributed by atoms with van der Waals surface area (Å²) >= 11 is 0. The molecule has 0 radical (unpaired) electrons. The minimum absolute atomic E-state index is 0.0153. The molecule has 7 heteroatoms. The Morgan fingerprint density at radius 3 is 2.37 bits per heavy atom. The molecule has 1 aliphatic heterocycles. The Morgan fingerprint density at radius 2 is 1.70 bits per heavy atom. The van der Waals surface area contributed by atoms with E-state index in [1.807, 2.05) is 7.05 Å². The second-order valence-corrected chi connectivity index (χ2v) is 6.98. The molecule has 0 atom stereocenters. The third kappa shape index (κ3) is 5.20. The molecule has 146 valence electrons. The molecule has 0 amide bonds. The van der Waals surface area contributed by atoms with Gasteiger partial charge in [0.15, 0.2) is 11.6 Å². The Bertz CT molecular complexity index is 799. The van der Waals surface area contributed by atoms with Gasteiger partial charge in [-0.2, -0.15) is 13.2 Å². The number of likely N-dealkylation sites (N-methyl/N-ethyl adjacent to an activating group) is 1. The maximum absolute atomic E-state index is 13.9. The van der Waals surface area contributed by atoms with Crippen LogP contribution >= 0.6 is 0 Å². The summed E-state index contributed by atoms with van der Waals surface area (Å²) in [5.74, 6) is -0.711. The first-order chi connectivity index (χ1) is 12.7. The normalized spacial score (nSPS) is 16.5. The zero-order valence-corrected chi connectivity index (χ0v) is 15.3. The van der Waals surface area contributed by atoms with Crippen LogP contribution in [0.1, 0.15) is 16.7 Å². The predicted molar refractivity (Wildman–Crippen MR) is 95.4 cm³/mol. The SMILES string of the molecule is Cc1ccc(F)c(Oc2cc(CN3CCN(C)CC3)cc(C(F)(F)F)c2)c1. The Morgan fingerprint density at radius 1 is 1.00 bits per heavy atom. The van der Waals surface area contributed by atoms with E-state index in [4.69, 9.17) is 4.74 Å². The second kappa shape index (κ2) is 7.86. The molecule has 0 aromatic heterocycles. The number of hydrogen-bond donors (Lipinski definition) is 0. The van der Waals surface area contributed by atoms with Crippen molar-refractivity contribution < 1.29 is 22.3 Å². The summed E-state index contributed by atoms with van der Waals surface area (Å²) in [6.45, 7) is 5.47. The molecule has 0 saturated carbocycles. The standard InChI is InChI=1S/C20H22F4N2O/c1-14-3-4-18(21)19(9-14)27-17-11-15(10-16(12-17)20(22,23)24)13-26-7-5-25(2)6-8-26/h3-4,9-12H,5-8,13H2,1-2H3. The Balaban J connectivity index is 1.87. The number of nitrogens with zero attached hydrogens (tertiary/aromatic N) is 2. The summed E-state index contributed by atoms with van der Waals surface area (Å²) in [5.41, 5.74) is 0.464. The quantitative estimate of drug-likeness (QED) is 0.714. The first kappa shape index (κ1) is 19.6. The lowest BCUT2D eigenvalue weighted by Gasteiger charge is -2.32. The topological polar surface area (TPSA) is 15.7 Å². The molecule has 2 aromatic carbocycles. The fourth-order valence-corrected chi connectivity index (χ4v) is 3.05. The molecule has 1 aliphatic rings. The Hall–Kier alpha value is -2.12. The van der Waals surface area contributed by atoms with Gasteiger partial charge in [-0.3, -0.25) is 4.90 Å². The van der Waals surface area contributed by atoms with Crippen LogP contribution in [0.3, 0.4) is 0 Å². The zero-order chi connectivity index (χ0) is 19.6. The molecule has 0 bridgehead atoms. The molecule has 0 aliphatic carbocycles. The molecule has 3 nitrogen and oxygen atoms in total. The summed E-state index contributed by atoms with van der Waals surface area (Å²) in [4.78, 5) is 4.28. The van der Waals surface area contributed by atoms with E-state index in [0.717, 1.165) is 43.9 Å². The van der Waals surface area contributed by atoms with Crippen LogP contribution in [-0.2, 0) is 12.7 Å². The molecule has 0 spiro atoms. The minimum atomic E-state index is -4.50. The zero-order valence-electron chi connectivity index (χ0n) is 15.3. The number of hydrogen-bond acceptors (Lipinski definition) is 3. The van der Waals surface area contributed by atoms with Crippen molar-refractivity contribution >= 4 is 0 Å². The molecular formula is C20H22F4N2O. The van der Waals surface area contributed by atoms with E-state index in [0.29, 0.717) is 12.1 Å². The van der Waals surface area contributed by atoms with Crippen LogP contribution < -0.4 is 4.74 Å². The van der Waals surface area contributed by atoms with Crippen LogP contribution in [0.5, 0.6) is 11.5 Å². The third-order valence-electron chi connectivity index (χ3n) is 4.61. The van der Waals surface area contributed by atoms with Crippen LogP contribution in [-0.4, -0.2) is 43.0 Å². The highest BCUT2D eigenvalue weighted by molar-refractivity contribution is 5.40. The first-order valence-corrected chi connectivity index (χ1v) is 8.77. The highest BCUT2D eigenvalue weighted by Gasteiger charge is 2.32. The number of aryl methyl sites for hydroxylation is 1. The number of ether oxygens (including phenoxy) is 1. The van der Waals surface area contributed by atoms with Crippen molar-refractivity contribution in [2.75, 3.05) is 33.2 Å². The lowest BCUT2D eigenvalue weighted by Crippen LogP contribution is -2.43. The largest absolute Gasteiger partial charge is 0.454 e. The van der Waals surface area contributed by atoms with E-state index < -0.39 is 17.6 Å². The van der Waals surface area contributed by atoms with Gasteiger partial charge in [0.2, 0.25) is 0 Å². The molecular weight excluding hydrogens is 360 g/mol.